The number of H-pyrrole nitrogens is 2. The largest absolute Gasteiger partial charge is 0.353 e. The van der Waals surface area contributed by atoms with Gasteiger partial charge >= 0.3 is 0 Å². The molecular weight excluding hydrogens is 467 g/mol. The van der Waals surface area contributed by atoms with Crippen LogP contribution >= 0.6 is 0 Å². The third-order valence-electron chi connectivity index (χ3n) is 6.04. The molecule has 0 saturated heterocycles. The minimum absolute atomic E-state index is 0.0704. The van der Waals surface area contributed by atoms with Crippen LogP contribution in [-0.4, -0.2) is 32.8 Å². The van der Waals surface area contributed by atoms with Crippen LogP contribution in [0.15, 0.2) is 83.6 Å². The average molecular weight is 493 g/mol. The molecule has 8 heteroatoms. The molecule has 37 heavy (non-hydrogen) atoms. The maximum absolute atomic E-state index is 13.5. The first-order chi connectivity index (χ1) is 18.0. The Labute approximate surface area is 212 Å². The summed E-state index contributed by atoms with van der Waals surface area (Å²) in [5.41, 5.74) is 7.83. The lowest BCUT2D eigenvalue weighted by Gasteiger charge is -2.06. The van der Waals surface area contributed by atoms with Crippen molar-refractivity contribution >= 4 is 40.1 Å². The van der Waals surface area contributed by atoms with E-state index in [1.165, 1.54) is 12.1 Å². The van der Waals surface area contributed by atoms with Crippen molar-refractivity contribution in [3.8, 4) is 22.5 Å². The Kier molecular flexibility index (Phi) is 6.47. The van der Waals surface area contributed by atoms with Gasteiger partial charge in [-0.25, -0.2) is 9.37 Å². The molecule has 3 N–H and O–H groups in total. The zero-order valence-corrected chi connectivity index (χ0v) is 20.5. The number of rotatable bonds is 7. The number of aromatic amines is 2. The number of carbonyl (C=O) groups is 1. The fourth-order valence-electron chi connectivity index (χ4n) is 4.26. The average Bonchev–Trinajstić information content (AvgIpc) is 3.52. The van der Waals surface area contributed by atoms with Gasteiger partial charge in [0, 0.05) is 34.8 Å². The monoisotopic (exact) mass is 492 g/mol. The van der Waals surface area contributed by atoms with E-state index >= 15 is 0 Å². The van der Waals surface area contributed by atoms with Crippen LogP contribution in [-0.2, 0) is 4.79 Å². The number of aromatic nitrogens is 4. The summed E-state index contributed by atoms with van der Waals surface area (Å²) in [6.45, 7) is 7.19. The van der Waals surface area contributed by atoms with Gasteiger partial charge in [0.05, 0.1) is 16.9 Å². The molecule has 7 nitrogen and oxygen atoms in total. The first-order valence-corrected chi connectivity index (χ1v) is 11.8. The van der Waals surface area contributed by atoms with Crippen LogP contribution in [0.3, 0.4) is 0 Å². The summed E-state index contributed by atoms with van der Waals surface area (Å²) in [5.74, 6) is -0.340. The summed E-state index contributed by atoms with van der Waals surface area (Å²) < 4.78 is 13.5. The molecule has 0 radical (unpaired) electrons. The van der Waals surface area contributed by atoms with Gasteiger partial charge in [-0.15, -0.1) is 0 Å². The van der Waals surface area contributed by atoms with Crippen LogP contribution in [0.5, 0.6) is 0 Å². The van der Waals surface area contributed by atoms with E-state index in [0.29, 0.717) is 34.6 Å². The van der Waals surface area contributed by atoms with Crippen molar-refractivity contribution in [2.45, 2.75) is 20.3 Å². The van der Waals surface area contributed by atoms with Crippen molar-refractivity contribution in [3.05, 3.63) is 90.1 Å². The molecule has 0 atom stereocenters. The van der Waals surface area contributed by atoms with Gasteiger partial charge in [-0.1, -0.05) is 31.2 Å². The minimum atomic E-state index is -0.270. The quantitative estimate of drug-likeness (QED) is 0.181. The molecule has 0 aliphatic heterocycles. The van der Waals surface area contributed by atoms with Crippen LogP contribution in [0.1, 0.15) is 26.0 Å². The highest BCUT2D eigenvalue weighted by Crippen LogP contribution is 2.34. The smallest absolute Gasteiger partial charge is 0.223 e. The molecule has 2 aromatic carbocycles. The van der Waals surface area contributed by atoms with Crippen LogP contribution in [0.25, 0.3) is 50.0 Å². The molecule has 0 aliphatic rings. The minimum Gasteiger partial charge on any atom is -0.353 e. The number of nitrogens with one attached hydrogen (secondary N) is 3. The Morgan fingerprint density at radius 2 is 1.95 bits per heavy atom. The predicted octanol–water partition coefficient (Wildman–Crippen LogP) is 6.38. The number of pyridine rings is 1. The topological polar surface area (TPSA) is 98.8 Å². The third kappa shape index (κ3) is 4.81. The lowest BCUT2D eigenvalue weighted by atomic mass is 10.0. The Bertz CT molecular complexity index is 1690. The van der Waals surface area contributed by atoms with Gasteiger partial charge in [0.1, 0.15) is 17.0 Å². The number of amides is 1. The Balaban J connectivity index is 1.58. The lowest BCUT2D eigenvalue weighted by Crippen LogP contribution is -2.19. The Morgan fingerprint density at radius 3 is 2.70 bits per heavy atom. The SMILES string of the molecule is C=N/C=C(\C=C(/C)NC(=O)CC)c1ccc2[nH]nc(-c3cc4c(-c5ccc(F)cc5)cccc4[nH]3)c2n1. The summed E-state index contributed by atoms with van der Waals surface area (Å²) in [6.07, 6.45) is 3.81. The highest BCUT2D eigenvalue weighted by atomic mass is 19.1. The number of aliphatic imine (C=N–C) groups is 1. The first kappa shape index (κ1) is 23.9. The third-order valence-corrected chi connectivity index (χ3v) is 6.04. The van der Waals surface area contributed by atoms with Crippen molar-refractivity contribution in [3.63, 3.8) is 0 Å². The molecule has 184 valence electrons. The predicted molar refractivity (Wildman–Crippen MR) is 146 cm³/mol. The van der Waals surface area contributed by atoms with Crippen molar-refractivity contribution in [2.75, 3.05) is 0 Å². The molecule has 1 amide bonds. The van der Waals surface area contributed by atoms with E-state index in [4.69, 9.17) is 4.98 Å². The van der Waals surface area contributed by atoms with E-state index in [9.17, 15) is 9.18 Å². The van der Waals surface area contributed by atoms with Crippen LogP contribution in [0, 0.1) is 5.82 Å². The number of hydrogen-bond donors (Lipinski definition) is 3. The molecule has 0 unspecified atom stereocenters. The van der Waals surface area contributed by atoms with E-state index in [1.807, 2.05) is 49.4 Å². The van der Waals surface area contributed by atoms with E-state index in [2.05, 4.69) is 32.2 Å². The highest BCUT2D eigenvalue weighted by Gasteiger charge is 2.16. The molecule has 0 saturated carbocycles. The van der Waals surface area contributed by atoms with Crippen molar-refractivity contribution in [1.82, 2.24) is 25.5 Å². The normalized spacial score (nSPS) is 12.3. The van der Waals surface area contributed by atoms with E-state index in [-0.39, 0.29) is 11.7 Å². The lowest BCUT2D eigenvalue weighted by molar-refractivity contribution is -0.120. The summed E-state index contributed by atoms with van der Waals surface area (Å²) in [6, 6.07) is 18.2. The van der Waals surface area contributed by atoms with E-state index < -0.39 is 0 Å². The maximum atomic E-state index is 13.5. The molecule has 0 aliphatic carbocycles. The standard InChI is InChI=1S/C29H25FN6O/c1-4-27(37)32-17(2)14-19(16-31-3)23-12-13-25-28(34-23)29(36-35-25)26-15-22-21(6-5-7-24(22)33-26)18-8-10-20(30)11-9-18/h5-16,33H,3-4H2,1-2H3,(H,32,37)(H,35,36)/b17-14+,19-16+. The summed E-state index contributed by atoms with van der Waals surface area (Å²) >= 11 is 0. The number of nitrogens with zero attached hydrogens (tertiary/aromatic N) is 3. The Hall–Kier alpha value is -4.85. The summed E-state index contributed by atoms with van der Waals surface area (Å²) in [5, 5.41) is 11.4. The zero-order valence-electron chi connectivity index (χ0n) is 20.5. The Morgan fingerprint density at radius 1 is 1.14 bits per heavy atom. The van der Waals surface area contributed by atoms with Crippen LogP contribution in [0.2, 0.25) is 0 Å². The molecule has 0 spiro atoms. The maximum Gasteiger partial charge on any atom is 0.223 e. The van der Waals surface area contributed by atoms with Gasteiger partial charge in [-0.2, -0.15) is 5.10 Å². The van der Waals surface area contributed by atoms with Crippen molar-refractivity contribution in [2.24, 2.45) is 4.99 Å². The molecule has 0 fully saturated rings. The van der Waals surface area contributed by atoms with Gasteiger partial charge in [0.25, 0.3) is 0 Å². The molecular formula is C29H25FN6O. The van der Waals surface area contributed by atoms with Crippen molar-refractivity contribution in [1.29, 1.82) is 0 Å². The number of fused-ring (bicyclic) bond motifs is 2. The summed E-state index contributed by atoms with van der Waals surface area (Å²) in [4.78, 5) is 24.0. The van der Waals surface area contributed by atoms with Crippen LogP contribution < -0.4 is 5.32 Å². The molecule has 5 rings (SSSR count). The number of carbonyl (C=O) groups excluding carboxylic acids is 1. The number of halogens is 1. The number of hydrogen-bond acceptors (Lipinski definition) is 4. The van der Waals surface area contributed by atoms with Gasteiger partial charge in [0.15, 0.2) is 0 Å². The van der Waals surface area contributed by atoms with E-state index in [1.54, 1.807) is 25.3 Å². The number of benzene rings is 2. The fourth-order valence-corrected chi connectivity index (χ4v) is 4.26. The molecule has 0 bridgehead atoms. The number of allylic oxidation sites excluding steroid dienone is 3. The molecule has 3 aromatic heterocycles. The molecule has 3 heterocycles. The zero-order chi connectivity index (χ0) is 25.9. The second-order valence-electron chi connectivity index (χ2n) is 8.62. The van der Waals surface area contributed by atoms with Gasteiger partial charge in [-0.05, 0) is 67.2 Å². The second-order valence-corrected chi connectivity index (χ2v) is 8.62. The van der Waals surface area contributed by atoms with Gasteiger partial charge in [0.2, 0.25) is 5.91 Å². The van der Waals surface area contributed by atoms with Gasteiger partial charge < -0.3 is 10.3 Å². The molecule has 5 aromatic rings. The van der Waals surface area contributed by atoms with Crippen LogP contribution in [0.4, 0.5) is 4.39 Å². The van der Waals surface area contributed by atoms with Crippen molar-refractivity contribution < 1.29 is 9.18 Å². The second kappa shape index (κ2) is 10.0. The highest BCUT2D eigenvalue weighted by molar-refractivity contribution is 6.00. The first-order valence-electron chi connectivity index (χ1n) is 11.8. The van der Waals surface area contributed by atoms with Gasteiger partial charge in [-0.3, -0.25) is 14.9 Å². The summed E-state index contributed by atoms with van der Waals surface area (Å²) in [7, 11) is 0. The fraction of sp³-hybridized carbons (Fsp3) is 0.103. The van der Waals surface area contributed by atoms with E-state index in [0.717, 1.165) is 33.2 Å².